The summed E-state index contributed by atoms with van der Waals surface area (Å²) in [5.74, 6) is -0.468. The minimum atomic E-state index is -0.548. The number of benzene rings is 1. The number of rotatable bonds is 5. The molecule has 0 amide bonds. The maximum Gasteiger partial charge on any atom is 0.307 e. The van der Waals surface area contributed by atoms with E-state index in [0.717, 1.165) is 9.99 Å². The zero-order valence-electron chi connectivity index (χ0n) is 13.8. The van der Waals surface area contributed by atoms with Crippen LogP contribution in [0.5, 0.6) is 0 Å². The van der Waals surface area contributed by atoms with Gasteiger partial charge in [-0.05, 0) is 46.5 Å². The monoisotopic (exact) mass is 405 g/mol. The topological polar surface area (TPSA) is 67.9 Å². The highest BCUT2D eigenvalue weighted by molar-refractivity contribution is 9.10. The van der Waals surface area contributed by atoms with E-state index in [0.29, 0.717) is 17.0 Å². The van der Waals surface area contributed by atoms with E-state index < -0.39 is 12.1 Å². The predicted molar refractivity (Wildman–Crippen MR) is 95.5 cm³/mol. The Morgan fingerprint density at radius 1 is 1.36 bits per heavy atom. The van der Waals surface area contributed by atoms with Crippen molar-refractivity contribution in [1.82, 2.24) is 15.0 Å². The highest BCUT2D eigenvalue weighted by Gasteiger charge is 2.20. The number of halogens is 2. The lowest BCUT2D eigenvalue weighted by atomic mass is 9.97. The van der Waals surface area contributed by atoms with Crippen molar-refractivity contribution in [2.24, 2.45) is 0 Å². The molecule has 0 bridgehead atoms. The molecule has 2 aromatic heterocycles. The van der Waals surface area contributed by atoms with Gasteiger partial charge in [0.25, 0.3) is 0 Å². The van der Waals surface area contributed by atoms with E-state index in [1.54, 1.807) is 38.2 Å². The smallest absolute Gasteiger partial charge is 0.307 e. The number of ether oxygens (including phenoxy) is 1. The Hall–Kier alpha value is -2.28. The Labute approximate surface area is 152 Å². The van der Waals surface area contributed by atoms with E-state index in [2.05, 4.69) is 30.9 Å². The van der Waals surface area contributed by atoms with Crippen molar-refractivity contribution in [2.45, 2.75) is 32.3 Å². The highest BCUT2D eigenvalue weighted by Crippen LogP contribution is 2.25. The number of pyridine rings is 1. The van der Waals surface area contributed by atoms with Gasteiger partial charge in [0.05, 0.1) is 11.9 Å². The maximum absolute atomic E-state index is 13.8. The second-order valence-electron chi connectivity index (χ2n) is 5.91. The quantitative estimate of drug-likeness (QED) is 0.626. The van der Waals surface area contributed by atoms with Gasteiger partial charge in [-0.3, -0.25) is 4.79 Å². The van der Waals surface area contributed by atoms with Gasteiger partial charge in [-0.25, -0.2) is 14.4 Å². The number of hydrogen-bond acceptors (Lipinski definition) is 4. The molecule has 1 aromatic carbocycles. The van der Waals surface area contributed by atoms with Gasteiger partial charge in [-0.15, -0.1) is 0 Å². The molecular weight excluding hydrogens is 389 g/mol. The fraction of sp³-hybridized carbons (Fsp3) is 0.278. The molecule has 0 saturated carbocycles. The van der Waals surface area contributed by atoms with E-state index in [1.807, 2.05) is 6.07 Å². The van der Waals surface area contributed by atoms with Crippen LogP contribution in [0.3, 0.4) is 0 Å². The van der Waals surface area contributed by atoms with Crippen molar-refractivity contribution < 1.29 is 13.9 Å². The van der Waals surface area contributed by atoms with Crippen LogP contribution in [-0.2, 0) is 9.53 Å². The van der Waals surface area contributed by atoms with Crippen LogP contribution >= 0.6 is 15.9 Å². The zero-order chi connectivity index (χ0) is 18.0. The van der Waals surface area contributed by atoms with Gasteiger partial charge in [-0.1, -0.05) is 25.1 Å². The molecule has 0 aliphatic carbocycles. The summed E-state index contributed by atoms with van der Waals surface area (Å²) in [7, 11) is 0. The average Bonchev–Trinajstić information content (AvgIpc) is 2.98. The lowest BCUT2D eigenvalue weighted by Crippen LogP contribution is -2.13. The fourth-order valence-electron chi connectivity index (χ4n) is 2.62. The third kappa shape index (κ3) is 4.04. The summed E-state index contributed by atoms with van der Waals surface area (Å²) < 4.78 is 20.1. The third-order valence-corrected chi connectivity index (χ3v) is 4.36. The Bertz CT molecular complexity index is 912. The molecule has 0 aliphatic heterocycles. The molecule has 0 aliphatic rings. The molecule has 3 rings (SSSR count). The first-order chi connectivity index (χ1) is 11.9. The lowest BCUT2D eigenvalue weighted by Gasteiger charge is -2.15. The largest absolute Gasteiger partial charge is 0.454 e. The first kappa shape index (κ1) is 17.5. The number of carbonyl (C=O) groups excluding carboxylic acids is 1. The van der Waals surface area contributed by atoms with Crippen LogP contribution < -0.4 is 0 Å². The molecule has 5 nitrogen and oxygen atoms in total. The number of nitrogens with one attached hydrogen (secondary N) is 1. The molecular formula is C18H17BrFN3O2. The van der Waals surface area contributed by atoms with Gasteiger partial charge >= 0.3 is 5.97 Å². The van der Waals surface area contributed by atoms with Crippen LogP contribution in [0.1, 0.15) is 43.7 Å². The summed E-state index contributed by atoms with van der Waals surface area (Å²) in [6, 6.07) is 8.30. The van der Waals surface area contributed by atoms with E-state index in [-0.39, 0.29) is 18.2 Å². The van der Waals surface area contributed by atoms with Gasteiger partial charge in [0.1, 0.15) is 11.6 Å². The van der Waals surface area contributed by atoms with E-state index in [4.69, 9.17) is 4.74 Å². The van der Waals surface area contributed by atoms with Crippen LogP contribution in [0.2, 0.25) is 0 Å². The molecule has 2 unspecified atom stereocenters. The van der Waals surface area contributed by atoms with Crippen molar-refractivity contribution in [3.05, 3.63) is 58.2 Å². The number of carbonyl (C=O) groups is 1. The van der Waals surface area contributed by atoms with Crippen molar-refractivity contribution in [2.75, 3.05) is 0 Å². The van der Waals surface area contributed by atoms with Gasteiger partial charge < -0.3 is 9.72 Å². The van der Waals surface area contributed by atoms with E-state index >= 15 is 0 Å². The SMILES string of the molecule is CC(CC(=O)OC(C)c1nc2ncc(Br)cc2[nH]1)c1ccccc1F. The lowest BCUT2D eigenvalue weighted by molar-refractivity contribution is -0.149. The minimum Gasteiger partial charge on any atom is -0.454 e. The standard InChI is InChI=1S/C18H17BrFN3O2/c1-10(13-5-3-4-6-14(13)20)7-16(24)25-11(2)17-22-15-8-12(19)9-21-18(15)23-17/h3-6,8-11H,7H2,1-2H3,(H,21,22,23). The molecule has 130 valence electrons. The number of aromatic amines is 1. The van der Waals surface area contributed by atoms with Crippen molar-refractivity contribution in [1.29, 1.82) is 0 Å². The molecule has 0 radical (unpaired) electrons. The number of fused-ring (bicyclic) bond motifs is 1. The van der Waals surface area contributed by atoms with Crippen LogP contribution in [0.25, 0.3) is 11.2 Å². The minimum absolute atomic E-state index is 0.0926. The van der Waals surface area contributed by atoms with Gasteiger partial charge in [0.15, 0.2) is 11.8 Å². The maximum atomic E-state index is 13.8. The van der Waals surface area contributed by atoms with Gasteiger partial charge in [0, 0.05) is 10.7 Å². The summed E-state index contributed by atoms with van der Waals surface area (Å²) in [5.41, 5.74) is 1.82. The number of aromatic nitrogens is 3. The summed E-state index contributed by atoms with van der Waals surface area (Å²) in [6.45, 7) is 3.53. The summed E-state index contributed by atoms with van der Waals surface area (Å²) in [4.78, 5) is 23.8. The van der Waals surface area contributed by atoms with E-state index in [9.17, 15) is 9.18 Å². The zero-order valence-corrected chi connectivity index (χ0v) is 15.4. The predicted octanol–water partition coefficient (Wildman–Crippen LogP) is 4.66. The van der Waals surface area contributed by atoms with Crippen molar-refractivity contribution >= 4 is 33.1 Å². The van der Waals surface area contributed by atoms with E-state index in [1.165, 1.54) is 6.07 Å². The molecule has 2 heterocycles. The number of nitrogens with zero attached hydrogens (tertiary/aromatic N) is 2. The summed E-state index contributed by atoms with van der Waals surface area (Å²) in [5, 5.41) is 0. The molecule has 1 N–H and O–H groups in total. The van der Waals surface area contributed by atoms with Crippen molar-refractivity contribution in [3.8, 4) is 0 Å². The molecule has 0 fully saturated rings. The molecule has 3 aromatic rings. The number of hydrogen-bond donors (Lipinski definition) is 1. The normalized spacial score (nSPS) is 13.6. The number of imidazole rings is 1. The van der Waals surface area contributed by atoms with Crippen LogP contribution in [0.4, 0.5) is 4.39 Å². The average molecular weight is 406 g/mol. The fourth-order valence-corrected chi connectivity index (χ4v) is 2.95. The number of esters is 1. The second-order valence-corrected chi connectivity index (χ2v) is 6.82. The van der Waals surface area contributed by atoms with Gasteiger partial charge in [0.2, 0.25) is 0 Å². The van der Waals surface area contributed by atoms with Gasteiger partial charge in [-0.2, -0.15) is 0 Å². The molecule has 25 heavy (non-hydrogen) atoms. The Morgan fingerprint density at radius 2 is 2.12 bits per heavy atom. The Kier molecular flexibility index (Phi) is 5.13. The molecule has 7 heteroatoms. The number of H-pyrrole nitrogens is 1. The summed E-state index contributed by atoms with van der Waals surface area (Å²) in [6.07, 6.45) is 1.20. The molecule has 0 spiro atoms. The van der Waals surface area contributed by atoms with Crippen LogP contribution in [0, 0.1) is 5.82 Å². The summed E-state index contributed by atoms with van der Waals surface area (Å²) >= 11 is 3.35. The highest BCUT2D eigenvalue weighted by atomic mass is 79.9. The van der Waals surface area contributed by atoms with Crippen molar-refractivity contribution in [3.63, 3.8) is 0 Å². The third-order valence-electron chi connectivity index (χ3n) is 3.92. The van der Waals surface area contributed by atoms with Crippen LogP contribution in [0.15, 0.2) is 41.0 Å². The van der Waals surface area contributed by atoms with Crippen LogP contribution in [-0.4, -0.2) is 20.9 Å². The first-order valence-corrected chi connectivity index (χ1v) is 8.68. The Balaban J connectivity index is 1.66. The second kappa shape index (κ2) is 7.31. The Morgan fingerprint density at radius 3 is 2.88 bits per heavy atom. The molecule has 0 saturated heterocycles. The molecule has 2 atom stereocenters. The first-order valence-electron chi connectivity index (χ1n) is 7.89.